The summed E-state index contributed by atoms with van der Waals surface area (Å²) in [4.78, 5) is 27.8. The highest BCUT2D eigenvalue weighted by molar-refractivity contribution is 9.10. The fourth-order valence-corrected chi connectivity index (χ4v) is 3.14. The molecule has 1 heterocycles. The molecule has 5 nitrogen and oxygen atoms in total. The zero-order chi connectivity index (χ0) is 21.5. The first-order chi connectivity index (χ1) is 13.5. The quantitative estimate of drug-likeness (QED) is 0.585. The molecule has 0 atom stereocenters. The third-order valence-electron chi connectivity index (χ3n) is 4.14. The van der Waals surface area contributed by atoms with E-state index < -0.39 is 34.6 Å². The summed E-state index contributed by atoms with van der Waals surface area (Å²) in [5.74, 6) is -1.81. The number of aryl methyl sites for hydroxylation is 1. The Balaban J connectivity index is 2.29. The highest BCUT2D eigenvalue weighted by atomic mass is 79.9. The molecular weight excluding hydrogens is 458 g/mol. The number of benzene rings is 2. The molecule has 2 aromatic carbocycles. The summed E-state index contributed by atoms with van der Waals surface area (Å²) in [7, 11) is 1.36. The predicted molar refractivity (Wildman–Crippen MR) is 102 cm³/mol. The lowest BCUT2D eigenvalue weighted by molar-refractivity contribution is -0.137. The van der Waals surface area contributed by atoms with Gasteiger partial charge in [-0.25, -0.2) is 9.37 Å². The molecule has 0 unspecified atom stereocenters. The zero-order valence-electron chi connectivity index (χ0n) is 14.7. The van der Waals surface area contributed by atoms with E-state index >= 15 is 0 Å². The normalized spacial score (nSPS) is 11.5. The Morgan fingerprint density at radius 2 is 1.83 bits per heavy atom. The third kappa shape index (κ3) is 4.07. The van der Waals surface area contributed by atoms with Crippen LogP contribution >= 0.6 is 15.9 Å². The lowest BCUT2D eigenvalue weighted by atomic mass is 9.96. The van der Waals surface area contributed by atoms with Gasteiger partial charge in [0.1, 0.15) is 17.2 Å². The molecule has 0 fully saturated rings. The highest BCUT2D eigenvalue weighted by Gasteiger charge is 2.34. The van der Waals surface area contributed by atoms with Gasteiger partial charge in [-0.2, -0.15) is 13.2 Å². The van der Waals surface area contributed by atoms with E-state index in [0.29, 0.717) is 4.47 Å². The maximum atomic E-state index is 14.5. The van der Waals surface area contributed by atoms with E-state index in [2.05, 4.69) is 20.9 Å². The number of nitrogens with two attached hydrogens (primary N) is 1. The maximum absolute atomic E-state index is 14.5. The monoisotopic (exact) mass is 469 g/mol. The Morgan fingerprint density at radius 1 is 1.14 bits per heavy atom. The zero-order valence-corrected chi connectivity index (χ0v) is 16.3. The van der Waals surface area contributed by atoms with Crippen molar-refractivity contribution in [1.29, 1.82) is 0 Å². The Hall–Kier alpha value is -3.01. The number of rotatable bonds is 3. The van der Waals surface area contributed by atoms with Crippen molar-refractivity contribution >= 4 is 21.8 Å². The summed E-state index contributed by atoms with van der Waals surface area (Å²) in [5, 5.41) is 0. The molecule has 0 aliphatic heterocycles. The molecule has 1 amide bonds. The average Bonchev–Trinajstić information content (AvgIpc) is 2.63. The molecule has 3 aromatic rings. The van der Waals surface area contributed by atoms with Gasteiger partial charge >= 0.3 is 6.18 Å². The number of hydrogen-bond donors (Lipinski definition) is 1. The smallest absolute Gasteiger partial charge is 0.364 e. The second-order valence-corrected chi connectivity index (χ2v) is 7.05. The molecule has 0 spiro atoms. The summed E-state index contributed by atoms with van der Waals surface area (Å²) >= 11 is 3.09. The van der Waals surface area contributed by atoms with Gasteiger partial charge in [0, 0.05) is 28.8 Å². The van der Waals surface area contributed by atoms with Crippen molar-refractivity contribution in [3.8, 4) is 22.4 Å². The Morgan fingerprint density at radius 3 is 2.45 bits per heavy atom. The van der Waals surface area contributed by atoms with Gasteiger partial charge in [-0.1, -0.05) is 15.9 Å². The molecule has 0 radical (unpaired) electrons. The largest absolute Gasteiger partial charge is 0.417 e. The van der Waals surface area contributed by atoms with Gasteiger partial charge in [0.05, 0.1) is 5.56 Å². The molecule has 150 valence electrons. The number of halogens is 5. The third-order valence-corrected chi connectivity index (χ3v) is 4.63. The van der Waals surface area contributed by atoms with Crippen molar-refractivity contribution in [2.45, 2.75) is 6.18 Å². The van der Waals surface area contributed by atoms with Gasteiger partial charge in [0.2, 0.25) is 0 Å². The second kappa shape index (κ2) is 7.43. The summed E-state index contributed by atoms with van der Waals surface area (Å²) in [6.07, 6.45) is -3.59. The first kappa shape index (κ1) is 20.7. The minimum Gasteiger partial charge on any atom is -0.364 e. The van der Waals surface area contributed by atoms with Gasteiger partial charge in [0.15, 0.2) is 0 Å². The minimum atomic E-state index is -4.72. The Kier molecular flexibility index (Phi) is 5.31. The molecule has 0 saturated heterocycles. The summed E-state index contributed by atoms with van der Waals surface area (Å²) < 4.78 is 56.1. The van der Waals surface area contributed by atoms with Crippen LogP contribution in [0.25, 0.3) is 22.4 Å². The minimum absolute atomic E-state index is 0.0400. The Bertz CT molecular complexity index is 1190. The SMILES string of the molecule is Cn1cc(C(N)=O)nc(-c2ccc(F)c(-c3cc(Br)ccc3C(F)(F)F)c2)c1=O. The molecule has 0 bridgehead atoms. The van der Waals surface area contributed by atoms with Gasteiger partial charge in [-0.3, -0.25) is 9.59 Å². The number of primary amides is 1. The molecular formula is C19H12BrF4N3O2. The van der Waals surface area contributed by atoms with Crippen molar-refractivity contribution in [1.82, 2.24) is 9.55 Å². The number of nitrogens with zero attached hydrogens (tertiary/aromatic N) is 2. The Labute approximate surface area is 169 Å². The highest BCUT2D eigenvalue weighted by Crippen LogP contribution is 2.40. The van der Waals surface area contributed by atoms with Crippen LogP contribution in [0.2, 0.25) is 0 Å². The van der Waals surface area contributed by atoms with E-state index in [9.17, 15) is 27.2 Å². The van der Waals surface area contributed by atoms with Crippen LogP contribution in [-0.2, 0) is 13.2 Å². The van der Waals surface area contributed by atoms with Crippen molar-refractivity contribution in [3.63, 3.8) is 0 Å². The number of carbonyl (C=O) groups excluding carboxylic acids is 1. The fraction of sp³-hybridized carbons (Fsp3) is 0.105. The van der Waals surface area contributed by atoms with Crippen LogP contribution in [0.5, 0.6) is 0 Å². The predicted octanol–water partition coefficient (Wildman–Crippen LogP) is 4.13. The van der Waals surface area contributed by atoms with Crippen molar-refractivity contribution in [2.75, 3.05) is 0 Å². The molecule has 10 heteroatoms. The van der Waals surface area contributed by atoms with E-state index in [1.54, 1.807) is 0 Å². The molecule has 29 heavy (non-hydrogen) atoms. The molecule has 0 aliphatic carbocycles. The number of aromatic nitrogens is 2. The van der Waals surface area contributed by atoms with E-state index in [4.69, 9.17) is 5.73 Å². The fourth-order valence-electron chi connectivity index (χ4n) is 2.78. The number of carbonyl (C=O) groups is 1. The van der Waals surface area contributed by atoms with Crippen molar-refractivity contribution in [2.24, 2.45) is 12.8 Å². The molecule has 0 aliphatic rings. The van der Waals surface area contributed by atoms with Gasteiger partial charge in [-0.05, 0) is 42.0 Å². The van der Waals surface area contributed by atoms with Crippen LogP contribution in [0.1, 0.15) is 16.1 Å². The average molecular weight is 470 g/mol. The van der Waals surface area contributed by atoms with Crippen LogP contribution in [0.15, 0.2) is 51.9 Å². The standard InChI is InChI=1S/C19H12BrF4N3O2/c1-27-8-15(17(25)28)26-16(18(27)29)9-2-5-14(21)12(6-9)11-7-10(20)3-4-13(11)19(22,23)24/h2-8H,1H3,(H2,25,28). The number of hydrogen-bond acceptors (Lipinski definition) is 3. The first-order valence-electron chi connectivity index (χ1n) is 8.03. The molecule has 1 aromatic heterocycles. The van der Waals surface area contributed by atoms with Gasteiger partial charge in [0.25, 0.3) is 11.5 Å². The van der Waals surface area contributed by atoms with E-state index in [1.807, 2.05) is 0 Å². The van der Waals surface area contributed by atoms with Gasteiger partial charge < -0.3 is 10.3 Å². The second-order valence-electron chi connectivity index (χ2n) is 6.14. The lowest BCUT2D eigenvalue weighted by Crippen LogP contribution is -2.25. The van der Waals surface area contributed by atoms with Crippen LogP contribution in [0.4, 0.5) is 17.6 Å². The van der Waals surface area contributed by atoms with Crippen LogP contribution < -0.4 is 11.3 Å². The van der Waals surface area contributed by atoms with E-state index in [1.165, 1.54) is 19.2 Å². The van der Waals surface area contributed by atoms with E-state index in [-0.39, 0.29) is 22.5 Å². The van der Waals surface area contributed by atoms with Crippen LogP contribution in [0.3, 0.4) is 0 Å². The van der Waals surface area contributed by atoms with Crippen molar-refractivity contribution in [3.05, 3.63) is 74.5 Å². The molecule has 0 saturated carbocycles. The maximum Gasteiger partial charge on any atom is 0.417 e. The summed E-state index contributed by atoms with van der Waals surface area (Å²) in [5.41, 5.74) is 2.34. The summed E-state index contributed by atoms with van der Waals surface area (Å²) in [6.45, 7) is 0. The number of alkyl halides is 3. The topological polar surface area (TPSA) is 78.0 Å². The first-order valence-corrected chi connectivity index (χ1v) is 8.83. The lowest BCUT2D eigenvalue weighted by Gasteiger charge is -2.15. The van der Waals surface area contributed by atoms with Crippen LogP contribution in [-0.4, -0.2) is 15.5 Å². The van der Waals surface area contributed by atoms with Crippen LogP contribution in [0, 0.1) is 5.82 Å². The van der Waals surface area contributed by atoms with E-state index in [0.717, 1.165) is 35.0 Å². The van der Waals surface area contributed by atoms with Gasteiger partial charge in [-0.15, -0.1) is 0 Å². The number of amides is 1. The summed E-state index contributed by atoms with van der Waals surface area (Å²) in [6, 6.07) is 6.37. The molecule has 2 N–H and O–H groups in total. The van der Waals surface area contributed by atoms with Crippen molar-refractivity contribution < 1.29 is 22.4 Å². The molecule has 3 rings (SSSR count).